The molecular weight excluding hydrogens is 857 g/mol. The molecule has 0 N–H and O–H groups in total. The highest BCUT2D eigenvalue weighted by atomic mass is 32.1. The molecule has 2 heterocycles. The van der Waals surface area contributed by atoms with Crippen LogP contribution in [-0.2, 0) is 6.42 Å². The fourth-order valence-electron chi connectivity index (χ4n) is 12.4. The fraction of sp³-hybridized carbons (Fsp3) is 0.121. The maximum absolute atomic E-state index is 2.60. The summed E-state index contributed by atoms with van der Waals surface area (Å²) in [7, 11) is 0. The van der Waals surface area contributed by atoms with Gasteiger partial charge in [0.25, 0.3) is 0 Å². The second-order valence-electron chi connectivity index (χ2n) is 19.1. The second kappa shape index (κ2) is 16.3. The molecule has 2 aromatic heterocycles. The molecule has 324 valence electrons. The van der Waals surface area contributed by atoms with Crippen LogP contribution in [-0.4, -0.2) is 0 Å². The Morgan fingerprint density at radius 1 is 0.529 bits per heavy atom. The average Bonchev–Trinajstić information content (AvgIpc) is 4.10. The summed E-state index contributed by atoms with van der Waals surface area (Å²) in [5.41, 5.74) is 20.2. The zero-order valence-corrected chi connectivity index (χ0v) is 39.5. The molecule has 14 rings (SSSR count). The van der Waals surface area contributed by atoms with Crippen LogP contribution < -0.4 is 0 Å². The molecule has 0 aliphatic heterocycles. The van der Waals surface area contributed by atoms with E-state index in [1.165, 1.54) is 119 Å². The van der Waals surface area contributed by atoms with Crippen LogP contribution in [0.2, 0.25) is 0 Å². The number of rotatable bonds is 6. The molecule has 8 aromatic rings. The molecule has 6 aliphatic rings. The molecule has 0 saturated heterocycles. The smallest absolute Gasteiger partial charge is 0.0449 e. The molecule has 0 radical (unpaired) electrons. The van der Waals surface area contributed by atoms with E-state index in [-0.39, 0.29) is 0 Å². The zero-order valence-electron chi connectivity index (χ0n) is 37.8. The lowest BCUT2D eigenvalue weighted by atomic mass is 9.64. The van der Waals surface area contributed by atoms with Gasteiger partial charge in [-0.2, -0.15) is 0 Å². The van der Waals surface area contributed by atoms with Crippen molar-refractivity contribution in [1.82, 2.24) is 0 Å². The summed E-state index contributed by atoms with van der Waals surface area (Å²) in [6.45, 7) is 0. The highest BCUT2D eigenvalue weighted by molar-refractivity contribution is 7.24. The minimum atomic E-state index is 0.355. The number of thiophene rings is 2. The summed E-state index contributed by atoms with van der Waals surface area (Å²) in [5, 5.41) is 7.88. The van der Waals surface area contributed by atoms with Gasteiger partial charge in [-0.25, -0.2) is 0 Å². The monoisotopic (exact) mass is 904 g/mol. The van der Waals surface area contributed by atoms with Gasteiger partial charge in [-0.3, -0.25) is 0 Å². The third-order valence-electron chi connectivity index (χ3n) is 15.4. The highest BCUT2D eigenvalue weighted by Gasteiger charge is 2.37. The Kier molecular flexibility index (Phi) is 9.59. The number of fused-ring (bicyclic) bond motifs is 7. The van der Waals surface area contributed by atoms with Crippen molar-refractivity contribution in [1.29, 1.82) is 0 Å². The maximum atomic E-state index is 2.60. The van der Waals surface area contributed by atoms with Gasteiger partial charge in [0.15, 0.2) is 0 Å². The molecule has 2 heteroatoms. The Morgan fingerprint density at radius 3 is 2.19 bits per heavy atom. The van der Waals surface area contributed by atoms with Crippen LogP contribution in [0.5, 0.6) is 0 Å². The SMILES string of the molecule is C1=CCC2C(=C1)C(c1ccc3ccccc3c1)=C1C=C(c3ccc(-c4ccc(-c5c6c(c(-c7cccc8ccccc78)c7ccccc57)CCC=C6)s4)s3)CCC1=C2C1=CC=C2C=CC=CC2C1. The van der Waals surface area contributed by atoms with Crippen LogP contribution in [0.25, 0.3) is 80.9 Å². The van der Waals surface area contributed by atoms with E-state index in [0.717, 1.165) is 38.5 Å². The quantitative estimate of drug-likeness (QED) is 0.156. The zero-order chi connectivity index (χ0) is 44.7. The Labute approximate surface area is 406 Å². The van der Waals surface area contributed by atoms with Gasteiger partial charge in [0.2, 0.25) is 0 Å². The summed E-state index contributed by atoms with van der Waals surface area (Å²) in [6, 6.07) is 50.4. The molecule has 6 aliphatic carbocycles. The first-order valence-electron chi connectivity index (χ1n) is 24.5. The van der Waals surface area contributed by atoms with E-state index in [1.807, 2.05) is 22.7 Å². The minimum Gasteiger partial charge on any atom is -0.135 e. The molecule has 0 amide bonds. The predicted octanol–water partition coefficient (Wildman–Crippen LogP) is 18.7. The van der Waals surface area contributed by atoms with Crippen molar-refractivity contribution in [3.63, 3.8) is 0 Å². The van der Waals surface area contributed by atoms with Crippen LogP contribution in [0.1, 0.15) is 53.7 Å². The Bertz CT molecular complexity index is 3790. The maximum Gasteiger partial charge on any atom is 0.0449 e. The van der Waals surface area contributed by atoms with Crippen molar-refractivity contribution < 1.29 is 0 Å². The normalized spacial score (nSPS) is 19.4. The minimum absolute atomic E-state index is 0.355. The number of hydrogen-bond acceptors (Lipinski definition) is 2. The number of allylic oxidation sites excluding steroid dienone is 19. The van der Waals surface area contributed by atoms with Crippen molar-refractivity contribution in [3.05, 3.63) is 255 Å². The van der Waals surface area contributed by atoms with Gasteiger partial charge < -0.3 is 0 Å². The molecule has 0 bridgehead atoms. The first kappa shape index (κ1) is 40.0. The molecule has 6 aromatic carbocycles. The Hall–Kier alpha value is -7.10. The van der Waals surface area contributed by atoms with Gasteiger partial charge in [0, 0.05) is 36.9 Å². The topological polar surface area (TPSA) is 0 Å². The van der Waals surface area contributed by atoms with Crippen LogP contribution in [0.15, 0.2) is 234 Å². The first-order chi connectivity index (χ1) is 33.7. The van der Waals surface area contributed by atoms with Gasteiger partial charge in [-0.1, -0.05) is 170 Å². The molecular formula is C66H48S2. The lowest BCUT2D eigenvalue weighted by Gasteiger charge is -2.39. The molecule has 68 heavy (non-hydrogen) atoms. The van der Waals surface area contributed by atoms with E-state index in [2.05, 4.69) is 206 Å². The van der Waals surface area contributed by atoms with E-state index in [0.29, 0.717) is 11.8 Å². The third kappa shape index (κ3) is 6.53. The van der Waals surface area contributed by atoms with Gasteiger partial charge >= 0.3 is 0 Å². The van der Waals surface area contributed by atoms with Gasteiger partial charge in [0.05, 0.1) is 0 Å². The van der Waals surface area contributed by atoms with E-state index in [4.69, 9.17) is 0 Å². The molecule has 0 nitrogen and oxygen atoms in total. The van der Waals surface area contributed by atoms with Crippen molar-refractivity contribution in [2.45, 2.75) is 38.5 Å². The third-order valence-corrected chi connectivity index (χ3v) is 17.9. The standard InChI is InChI=1S/C66H48S2/c1-3-17-44-38-47(30-28-41(44)14-1)63-51-21-7-8-22-52(51)64(48-31-29-42-15-2-4-18-45(42)39-48)58-40-46(32-33-57(58)63)59-34-35-60(67-59)61-36-37-62(68-61)66-55-25-11-9-23-53(55)65(54-24-10-12-26-56(54)66)50-27-13-19-43-16-5-6-20-49(43)50/h1-9,11-20,22-23,25-31,34-37,39-40,44,51H,10,21,24,32-33,38H2. The van der Waals surface area contributed by atoms with Crippen molar-refractivity contribution in [3.8, 4) is 31.3 Å². The Balaban J connectivity index is 0.883. The predicted molar refractivity (Wildman–Crippen MR) is 294 cm³/mol. The van der Waals surface area contributed by atoms with Gasteiger partial charge in [0.1, 0.15) is 0 Å². The summed E-state index contributed by atoms with van der Waals surface area (Å²) in [6.07, 6.45) is 34.8. The summed E-state index contributed by atoms with van der Waals surface area (Å²) in [5.74, 6) is 0.800. The molecule has 0 saturated carbocycles. The molecule has 0 fully saturated rings. The second-order valence-corrected chi connectivity index (χ2v) is 21.3. The summed E-state index contributed by atoms with van der Waals surface area (Å²) >= 11 is 3.92. The molecule has 2 unspecified atom stereocenters. The lowest BCUT2D eigenvalue weighted by molar-refractivity contribution is 0.674. The first-order valence-corrected chi connectivity index (χ1v) is 26.1. The molecule has 0 spiro atoms. The number of benzene rings is 6. The van der Waals surface area contributed by atoms with Crippen molar-refractivity contribution >= 4 is 72.2 Å². The number of hydrogen-bond donors (Lipinski definition) is 0. The van der Waals surface area contributed by atoms with E-state index in [9.17, 15) is 0 Å². The van der Waals surface area contributed by atoms with Crippen LogP contribution in [0, 0.1) is 11.8 Å². The Morgan fingerprint density at radius 2 is 1.29 bits per heavy atom. The van der Waals surface area contributed by atoms with Crippen molar-refractivity contribution in [2.24, 2.45) is 11.8 Å². The van der Waals surface area contributed by atoms with Crippen LogP contribution in [0.4, 0.5) is 0 Å². The van der Waals surface area contributed by atoms with E-state index >= 15 is 0 Å². The van der Waals surface area contributed by atoms with E-state index < -0.39 is 0 Å². The van der Waals surface area contributed by atoms with Crippen molar-refractivity contribution in [2.75, 3.05) is 0 Å². The highest BCUT2D eigenvalue weighted by Crippen LogP contribution is 2.55. The van der Waals surface area contributed by atoms with Crippen LogP contribution in [0.3, 0.4) is 0 Å². The largest absolute Gasteiger partial charge is 0.135 e. The summed E-state index contributed by atoms with van der Waals surface area (Å²) in [4.78, 5) is 5.41. The van der Waals surface area contributed by atoms with Gasteiger partial charge in [-0.15, -0.1) is 22.7 Å². The summed E-state index contributed by atoms with van der Waals surface area (Å²) < 4.78 is 0. The van der Waals surface area contributed by atoms with E-state index in [1.54, 1.807) is 11.1 Å². The average molecular weight is 905 g/mol. The molecule has 2 atom stereocenters. The van der Waals surface area contributed by atoms with Gasteiger partial charge in [-0.05, 0) is 180 Å². The lowest BCUT2D eigenvalue weighted by Crippen LogP contribution is -2.23. The van der Waals surface area contributed by atoms with Crippen LogP contribution >= 0.6 is 22.7 Å². The fourth-order valence-corrected chi connectivity index (χ4v) is 14.6.